The van der Waals surface area contributed by atoms with Gasteiger partial charge in [-0.1, -0.05) is 0 Å². The molecule has 0 radical (unpaired) electrons. The highest BCUT2D eigenvalue weighted by Crippen LogP contribution is 2.24. The molecule has 0 unspecified atom stereocenters. The maximum Gasteiger partial charge on any atom is 0.294 e. The first kappa shape index (κ1) is 23.6. The number of anilines is 2. The molecular weight excluding hydrogens is 462 g/mol. The van der Waals surface area contributed by atoms with Crippen molar-refractivity contribution in [2.24, 2.45) is 0 Å². The number of fused-ring (bicyclic) bond motifs is 1. The lowest BCUT2D eigenvalue weighted by atomic mass is 10.2. The third-order valence-electron chi connectivity index (χ3n) is 6.37. The number of carbonyl (C=O) groups is 2. The summed E-state index contributed by atoms with van der Waals surface area (Å²) in [5.41, 5.74) is 2.78. The van der Waals surface area contributed by atoms with Crippen LogP contribution < -0.4 is 10.6 Å². The number of aryl methyl sites for hydroxylation is 1. The Morgan fingerprint density at radius 2 is 2.06 bits per heavy atom. The third-order valence-corrected chi connectivity index (χ3v) is 6.37. The molecule has 0 saturated carbocycles. The lowest BCUT2D eigenvalue weighted by molar-refractivity contribution is -0.117. The van der Waals surface area contributed by atoms with Crippen LogP contribution >= 0.6 is 0 Å². The average Bonchev–Trinajstić information content (AvgIpc) is 3.61. The van der Waals surface area contributed by atoms with Gasteiger partial charge in [-0.15, -0.1) is 10.2 Å². The highest BCUT2D eigenvalue weighted by atomic mass is 16.4. The standard InChI is InChI=1S/C25H27N7O4/c1-15-4-3-8-31(15)13-23(34)27-18-11-20(16(2)26-12-18)28-25(35)24-30-29-22-10-17(7-9-32(22)24)21-6-5-19(14-33)36-21/h5-7,9-12,15,33H,3-4,8,13-14H2,1-2H3,(H,27,34)(H,28,35)/t15-/m1/s1. The number of furan rings is 1. The van der Waals surface area contributed by atoms with Gasteiger partial charge in [0.25, 0.3) is 5.91 Å². The summed E-state index contributed by atoms with van der Waals surface area (Å²) in [5, 5.41) is 23.1. The average molecular weight is 490 g/mol. The maximum atomic E-state index is 13.0. The Morgan fingerprint density at radius 1 is 1.19 bits per heavy atom. The molecule has 186 valence electrons. The number of aliphatic hydroxyl groups excluding tert-OH is 1. The van der Waals surface area contributed by atoms with Crippen LogP contribution in [0, 0.1) is 6.92 Å². The van der Waals surface area contributed by atoms with Crippen LogP contribution in [0.15, 0.2) is 47.1 Å². The predicted molar refractivity (Wildman–Crippen MR) is 132 cm³/mol. The third kappa shape index (κ3) is 4.83. The normalized spacial score (nSPS) is 15.9. The minimum atomic E-state index is -0.463. The van der Waals surface area contributed by atoms with Gasteiger partial charge in [-0.05, 0) is 63.6 Å². The number of hydrogen-bond acceptors (Lipinski definition) is 8. The molecule has 11 nitrogen and oxygen atoms in total. The summed E-state index contributed by atoms with van der Waals surface area (Å²) in [5.74, 6) is 0.558. The lowest BCUT2D eigenvalue weighted by Gasteiger charge is -2.20. The summed E-state index contributed by atoms with van der Waals surface area (Å²) in [7, 11) is 0. The van der Waals surface area contributed by atoms with E-state index in [0.717, 1.165) is 24.9 Å². The monoisotopic (exact) mass is 489 g/mol. The predicted octanol–water partition coefficient (Wildman–Crippen LogP) is 2.86. The smallest absolute Gasteiger partial charge is 0.294 e. The molecule has 5 heterocycles. The van der Waals surface area contributed by atoms with Gasteiger partial charge in [-0.3, -0.25) is 23.9 Å². The first-order valence-electron chi connectivity index (χ1n) is 11.8. The van der Waals surface area contributed by atoms with Gasteiger partial charge in [0, 0.05) is 17.8 Å². The van der Waals surface area contributed by atoms with Crippen molar-refractivity contribution in [3.63, 3.8) is 0 Å². The number of carbonyl (C=O) groups excluding carboxylic acids is 2. The Balaban J connectivity index is 1.30. The molecular formula is C25H27N7O4. The number of pyridine rings is 2. The number of aliphatic hydroxyl groups is 1. The van der Waals surface area contributed by atoms with Crippen molar-refractivity contribution < 1.29 is 19.1 Å². The summed E-state index contributed by atoms with van der Waals surface area (Å²) in [6.45, 7) is 4.95. The molecule has 1 saturated heterocycles. The van der Waals surface area contributed by atoms with Crippen molar-refractivity contribution in [1.82, 2.24) is 24.5 Å². The van der Waals surface area contributed by atoms with E-state index in [4.69, 9.17) is 4.42 Å². The van der Waals surface area contributed by atoms with E-state index in [1.807, 2.05) is 0 Å². The minimum Gasteiger partial charge on any atom is -0.459 e. The molecule has 5 rings (SSSR count). The first-order chi connectivity index (χ1) is 17.4. The van der Waals surface area contributed by atoms with Crippen LogP contribution in [0.25, 0.3) is 17.0 Å². The fraction of sp³-hybridized carbons (Fsp3) is 0.320. The zero-order valence-corrected chi connectivity index (χ0v) is 20.1. The highest BCUT2D eigenvalue weighted by Gasteiger charge is 2.22. The molecule has 11 heteroatoms. The van der Waals surface area contributed by atoms with Gasteiger partial charge in [-0.2, -0.15) is 0 Å². The molecule has 4 aromatic rings. The molecule has 1 fully saturated rings. The molecule has 36 heavy (non-hydrogen) atoms. The van der Waals surface area contributed by atoms with Gasteiger partial charge < -0.3 is 20.2 Å². The van der Waals surface area contributed by atoms with Crippen LogP contribution in [0.1, 0.15) is 41.8 Å². The molecule has 0 spiro atoms. The second-order valence-corrected chi connectivity index (χ2v) is 8.91. The van der Waals surface area contributed by atoms with Gasteiger partial charge in [0.1, 0.15) is 18.1 Å². The Hall–Kier alpha value is -4.09. The van der Waals surface area contributed by atoms with Gasteiger partial charge in [0.15, 0.2) is 5.65 Å². The number of nitrogens with one attached hydrogen (secondary N) is 2. The Bertz CT molecular complexity index is 1430. The molecule has 3 N–H and O–H groups in total. The Morgan fingerprint density at radius 3 is 2.81 bits per heavy atom. The number of amides is 2. The summed E-state index contributed by atoms with van der Waals surface area (Å²) in [4.78, 5) is 32.0. The second kappa shape index (κ2) is 9.88. The SMILES string of the molecule is Cc1ncc(NC(=O)CN2CCC[C@H]2C)cc1NC(=O)c1nnc2cc(-c3ccc(CO)o3)ccn12. The van der Waals surface area contributed by atoms with Crippen molar-refractivity contribution in [2.75, 3.05) is 23.7 Å². The van der Waals surface area contributed by atoms with Gasteiger partial charge in [0.05, 0.1) is 29.8 Å². The van der Waals surface area contributed by atoms with Crippen LogP contribution in [0.2, 0.25) is 0 Å². The summed E-state index contributed by atoms with van der Waals surface area (Å²) >= 11 is 0. The van der Waals surface area contributed by atoms with E-state index in [1.165, 1.54) is 0 Å². The van der Waals surface area contributed by atoms with Crippen molar-refractivity contribution in [2.45, 2.75) is 39.3 Å². The van der Waals surface area contributed by atoms with Crippen LogP contribution in [0.3, 0.4) is 0 Å². The number of aromatic nitrogens is 4. The fourth-order valence-corrected chi connectivity index (χ4v) is 4.34. The minimum absolute atomic E-state index is 0.101. The van der Waals surface area contributed by atoms with Crippen molar-refractivity contribution in [3.8, 4) is 11.3 Å². The number of hydrogen-bond donors (Lipinski definition) is 3. The van der Waals surface area contributed by atoms with E-state index in [9.17, 15) is 14.7 Å². The number of rotatable bonds is 7. The number of nitrogens with zero attached hydrogens (tertiary/aromatic N) is 5. The molecule has 0 bridgehead atoms. The van der Waals surface area contributed by atoms with Crippen LogP contribution in [-0.2, 0) is 11.4 Å². The van der Waals surface area contributed by atoms with E-state index >= 15 is 0 Å². The van der Waals surface area contributed by atoms with Crippen LogP contribution in [0.4, 0.5) is 11.4 Å². The summed E-state index contributed by atoms with van der Waals surface area (Å²) < 4.78 is 7.14. The Labute approximate surface area is 207 Å². The quantitative estimate of drug-likeness (QED) is 0.360. The summed E-state index contributed by atoms with van der Waals surface area (Å²) in [6.07, 6.45) is 5.45. The molecule has 1 aliphatic rings. The van der Waals surface area contributed by atoms with Crippen molar-refractivity contribution >= 4 is 28.8 Å². The Kier molecular flexibility index (Phi) is 6.49. The molecule has 0 aromatic carbocycles. The topological polar surface area (TPSA) is 138 Å². The first-order valence-corrected chi connectivity index (χ1v) is 11.8. The second-order valence-electron chi connectivity index (χ2n) is 8.91. The van der Waals surface area contributed by atoms with Crippen molar-refractivity contribution in [3.05, 3.63) is 60.0 Å². The molecule has 4 aromatic heterocycles. The molecule has 2 amide bonds. The largest absolute Gasteiger partial charge is 0.459 e. The highest BCUT2D eigenvalue weighted by molar-refractivity contribution is 6.03. The lowest BCUT2D eigenvalue weighted by Crippen LogP contribution is -2.35. The zero-order chi connectivity index (χ0) is 25.2. The van der Waals surface area contributed by atoms with Crippen molar-refractivity contribution in [1.29, 1.82) is 0 Å². The summed E-state index contributed by atoms with van der Waals surface area (Å²) in [6, 6.07) is 9.05. The van der Waals surface area contributed by atoms with E-state index in [2.05, 4.69) is 37.6 Å². The zero-order valence-electron chi connectivity index (χ0n) is 20.1. The van der Waals surface area contributed by atoms with Crippen LogP contribution in [0.5, 0.6) is 0 Å². The van der Waals surface area contributed by atoms with E-state index in [1.54, 1.807) is 54.0 Å². The number of likely N-dealkylation sites (tertiary alicyclic amines) is 1. The van der Waals surface area contributed by atoms with E-state index < -0.39 is 5.91 Å². The fourth-order valence-electron chi connectivity index (χ4n) is 4.34. The van der Waals surface area contributed by atoms with Gasteiger partial charge in [0.2, 0.25) is 11.7 Å². The maximum absolute atomic E-state index is 13.0. The molecule has 1 aliphatic heterocycles. The molecule has 1 atom stereocenters. The van der Waals surface area contributed by atoms with Gasteiger partial charge >= 0.3 is 0 Å². The van der Waals surface area contributed by atoms with E-state index in [-0.39, 0.29) is 18.3 Å². The van der Waals surface area contributed by atoms with Gasteiger partial charge in [-0.25, -0.2) is 0 Å². The van der Waals surface area contributed by atoms with Crippen LogP contribution in [-0.4, -0.2) is 60.5 Å². The van der Waals surface area contributed by atoms with E-state index in [0.29, 0.717) is 46.8 Å². The molecule has 0 aliphatic carbocycles.